The molecule has 2 aromatic rings. The van der Waals surface area contributed by atoms with Gasteiger partial charge in [0.1, 0.15) is 6.33 Å². The van der Waals surface area contributed by atoms with Gasteiger partial charge in [0, 0.05) is 17.8 Å². The number of carbonyl (C=O) groups is 1. The molecule has 124 valence electrons. The van der Waals surface area contributed by atoms with E-state index < -0.39 is 0 Å². The minimum atomic E-state index is -0.220. The minimum absolute atomic E-state index is 0.110. The summed E-state index contributed by atoms with van der Waals surface area (Å²) >= 11 is 0. The van der Waals surface area contributed by atoms with Crippen LogP contribution in [0.4, 0.5) is 4.79 Å². The highest BCUT2D eigenvalue weighted by atomic mass is 16.2. The zero-order chi connectivity index (χ0) is 16.9. The lowest BCUT2D eigenvalue weighted by Crippen LogP contribution is -2.50. The van der Waals surface area contributed by atoms with Gasteiger partial charge >= 0.3 is 6.03 Å². The minimum Gasteiger partial charge on any atom is -0.336 e. The molecule has 7 heteroatoms. The first kappa shape index (κ1) is 17.0. The molecule has 0 aliphatic heterocycles. The summed E-state index contributed by atoms with van der Waals surface area (Å²) in [5.74, 6) is 0.679. The summed E-state index contributed by atoms with van der Waals surface area (Å²) in [7, 11) is 3.98. The van der Waals surface area contributed by atoms with Gasteiger partial charge in [0.2, 0.25) is 0 Å². The van der Waals surface area contributed by atoms with Gasteiger partial charge in [0.15, 0.2) is 5.82 Å². The van der Waals surface area contributed by atoms with Gasteiger partial charge in [0.25, 0.3) is 0 Å². The summed E-state index contributed by atoms with van der Waals surface area (Å²) in [6, 6.07) is 9.55. The standard InChI is InChI=1S/C16H24N6O/c1-16(2,21(3)4)11-18-15(23)17-10-14-20-19-12-22(14)13-8-6-5-7-9-13/h5-9,12H,10-11H2,1-4H3,(H2,17,18,23). The second-order valence-electron chi connectivity index (χ2n) is 6.20. The number of aromatic nitrogens is 3. The summed E-state index contributed by atoms with van der Waals surface area (Å²) in [6.07, 6.45) is 1.64. The third-order valence-corrected chi connectivity index (χ3v) is 3.95. The van der Waals surface area contributed by atoms with Crippen LogP contribution in [-0.2, 0) is 6.54 Å². The van der Waals surface area contributed by atoms with Crippen LogP contribution in [0.25, 0.3) is 5.69 Å². The number of likely N-dealkylation sites (N-methyl/N-ethyl adjacent to an activating group) is 1. The van der Waals surface area contributed by atoms with Gasteiger partial charge in [-0.05, 0) is 40.1 Å². The van der Waals surface area contributed by atoms with Crippen molar-refractivity contribution < 1.29 is 4.79 Å². The summed E-state index contributed by atoms with van der Waals surface area (Å²) in [4.78, 5) is 14.0. The monoisotopic (exact) mass is 316 g/mol. The number of hydrogen-bond acceptors (Lipinski definition) is 4. The molecule has 1 heterocycles. The average Bonchev–Trinajstić information content (AvgIpc) is 3.00. The predicted molar refractivity (Wildman–Crippen MR) is 89.4 cm³/mol. The number of hydrogen-bond donors (Lipinski definition) is 2. The smallest absolute Gasteiger partial charge is 0.315 e. The first-order valence-corrected chi connectivity index (χ1v) is 7.53. The molecular formula is C16H24N6O. The Bertz CT molecular complexity index is 635. The van der Waals surface area contributed by atoms with Crippen LogP contribution in [0.15, 0.2) is 36.7 Å². The lowest BCUT2D eigenvalue weighted by Gasteiger charge is -2.32. The average molecular weight is 316 g/mol. The van der Waals surface area contributed by atoms with E-state index in [1.807, 2.05) is 49.0 Å². The van der Waals surface area contributed by atoms with Crippen molar-refractivity contribution >= 4 is 6.03 Å². The summed E-state index contributed by atoms with van der Waals surface area (Å²) in [5.41, 5.74) is 0.852. The number of amides is 2. The number of rotatable bonds is 6. The van der Waals surface area contributed by atoms with Crippen molar-refractivity contribution in [1.82, 2.24) is 30.3 Å². The molecule has 1 aromatic heterocycles. The van der Waals surface area contributed by atoms with Gasteiger partial charge in [-0.15, -0.1) is 10.2 Å². The van der Waals surface area contributed by atoms with Crippen molar-refractivity contribution in [3.05, 3.63) is 42.5 Å². The van der Waals surface area contributed by atoms with E-state index in [1.165, 1.54) is 0 Å². The van der Waals surface area contributed by atoms with Crippen LogP contribution in [0.5, 0.6) is 0 Å². The van der Waals surface area contributed by atoms with Crippen molar-refractivity contribution in [2.75, 3.05) is 20.6 Å². The summed E-state index contributed by atoms with van der Waals surface area (Å²) in [6.45, 7) is 5.00. The zero-order valence-corrected chi connectivity index (χ0v) is 14.1. The molecule has 2 amide bonds. The molecule has 0 unspecified atom stereocenters. The maximum Gasteiger partial charge on any atom is 0.315 e. The summed E-state index contributed by atoms with van der Waals surface area (Å²) < 4.78 is 1.85. The zero-order valence-electron chi connectivity index (χ0n) is 14.1. The number of para-hydroxylation sites is 1. The normalized spacial score (nSPS) is 11.5. The van der Waals surface area contributed by atoms with E-state index in [1.54, 1.807) is 6.33 Å². The Kier molecular flexibility index (Phi) is 5.33. The molecule has 0 aliphatic carbocycles. The Hall–Kier alpha value is -2.41. The largest absolute Gasteiger partial charge is 0.336 e. The molecule has 0 spiro atoms. The van der Waals surface area contributed by atoms with Gasteiger partial charge in [-0.2, -0.15) is 0 Å². The molecule has 0 atom stereocenters. The topological polar surface area (TPSA) is 75.1 Å². The van der Waals surface area contributed by atoms with Crippen LogP contribution in [0.2, 0.25) is 0 Å². The highest BCUT2D eigenvalue weighted by Crippen LogP contribution is 2.09. The van der Waals surface area contributed by atoms with Crippen LogP contribution < -0.4 is 10.6 Å². The second kappa shape index (κ2) is 7.23. The number of urea groups is 1. The highest BCUT2D eigenvalue weighted by Gasteiger charge is 2.21. The van der Waals surface area contributed by atoms with E-state index in [0.29, 0.717) is 18.9 Å². The van der Waals surface area contributed by atoms with E-state index in [9.17, 15) is 4.79 Å². The van der Waals surface area contributed by atoms with E-state index in [4.69, 9.17) is 0 Å². The fraction of sp³-hybridized carbons (Fsp3) is 0.438. The van der Waals surface area contributed by atoms with Gasteiger partial charge in [-0.3, -0.25) is 4.57 Å². The summed E-state index contributed by atoms with van der Waals surface area (Å²) in [5, 5.41) is 13.7. The molecule has 0 aliphatic rings. The number of benzene rings is 1. The molecule has 0 saturated carbocycles. The molecule has 0 bridgehead atoms. The Morgan fingerprint density at radius 3 is 2.57 bits per heavy atom. The molecule has 1 aromatic carbocycles. The van der Waals surface area contributed by atoms with Crippen LogP contribution in [0, 0.1) is 0 Å². The SMILES string of the molecule is CN(C)C(C)(C)CNC(=O)NCc1nncn1-c1ccccc1. The Morgan fingerprint density at radius 1 is 1.22 bits per heavy atom. The van der Waals surface area contributed by atoms with E-state index >= 15 is 0 Å². The van der Waals surface area contributed by atoms with Crippen LogP contribution in [0.3, 0.4) is 0 Å². The molecule has 0 radical (unpaired) electrons. The van der Waals surface area contributed by atoms with Crippen molar-refractivity contribution in [2.24, 2.45) is 0 Å². The fourth-order valence-electron chi connectivity index (χ4n) is 1.86. The van der Waals surface area contributed by atoms with Gasteiger partial charge in [-0.1, -0.05) is 18.2 Å². The van der Waals surface area contributed by atoms with E-state index in [-0.39, 0.29) is 11.6 Å². The Morgan fingerprint density at radius 2 is 1.91 bits per heavy atom. The molecule has 2 rings (SSSR count). The highest BCUT2D eigenvalue weighted by molar-refractivity contribution is 5.73. The Labute approximate surface area is 136 Å². The van der Waals surface area contributed by atoms with Crippen LogP contribution in [0.1, 0.15) is 19.7 Å². The second-order valence-corrected chi connectivity index (χ2v) is 6.20. The molecule has 0 saturated heterocycles. The van der Waals surface area contributed by atoms with Crippen LogP contribution >= 0.6 is 0 Å². The number of carbonyl (C=O) groups excluding carboxylic acids is 1. The van der Waals surface area contributed by atoms with Gasteiger partial charge in [-0.25, -0.2) is 4.79 Å². The maximum atomic E-state index is 12.0. The lowest BCUT2D eigenvalue weighted by molar-refractivity contribution is 0.186. The third kappa shape index (κ3) is 4.53. The lowest BCUT2D eigenvalue weighted by atomic mass is 10.1. The molecule has 23 heavy (non-hydrogen) atoms. The molecule has 7 nitrogen and oxygen atoms in total. The van der Waals surface area contributed by atoms with E-state index in [2.05, 4.69) is 39.6 Å². The van der Waals surface area contributed by atoms with Crippen molar-refractivity contribution in [3.63, 3.8) is 0 Å². The van der Waals surface area contributed by atoms with Crippen LogP contribution in [-0.4, -0.2) is 51.9 Å². The van der Waals surface area contributed by atoms with Crippen molar-refractivity contribution in [1.29, 1.82) is 0 Å². The maximum absolute atomic E-state index is 12.0. The van der Waals surface area contributed by atoms with Crippen molar-refractivity contribution in [2.45, 2.75) is 25.9 Å². The molecule has 0 fully saturated rings. The quantitative estimate of drug-likeness (QED) is 0.845. The number of nitrogens with zero attached hydrogens (tertiary/aromatic N) is 4. The molecule has 2 N–H and O–H groups in total. The number of nitrogens with one attached hydrogen (secondary N) is 2. The first-order chi connectivity index (χ1) is 10.9. The molecular weight excluding hydrogens is 292 g/mol. The fourth-order valence-corrected chi connectivity index (χ4v) is 1.86. The first-order valence-electron chi connectivity index (χ1n) is 7.53. The van der Waals surface area contributed by atoms with Gasteiger partial charge < -0.3 is 15.5 Å². The van der Waals surface area contributed by atoms with Crippen molar-refractivity contribution in [3.8, 4) is 5.69 Å². The Balaban J connectivity index is 1.90. The third-order valence-electron chi connectivity index (χ3n) is 3.95. The predicted octanol–water partition coefficient (Wildman–Crippen LogP) is 1.41. The van der Waals surface area contributed by atoms with Gasteiger partial charge in [0.05, 0.1) is 6.54 Å². The van der Waals surface area contributed by atoms with E-state index in [0.717, 1.165) is 5.69 Å².